The van der Waals surface area contributed by atoms with Gasteiger partial charge in [0.25, 0.3) is 5.69 Å². The molecule has 1 aliphatic rings. The second-order valence-electron chi connectivity index (χ2n) is 6.62. The van der Waals surface area contributed by atoms with Crippen LogP contribution in [0.4, 0.5) is 17.2 Å². The van der Waals surface area contributed by atoms with Crippen LogP contribution in [0, 0.1) is 10.1 Å². The van der Waals surface area contributed by atoms with Crippen LogP contribution in [0.1, 0.15) is 12.8 Å². The first-order valence-corrected chi connectivity index (χ1v) is 10.4. The van der Waals surface area contributed by atoms with Crippen LogP contribution in [-0.2, 0) is 9.84 Å². The highest BCUT2D eigenvalue weighted by Crippen LogP contribution is 2.32. The van der Waals surface area contributed by atoms with E-state index in [1.165, 1.54) is 12.1 Å². The Hall–Kier alpha value is -2.75. The Morgan fingerprint density at radius 3 is 2.74 bits per heavy atom. The third kappa shape index (κ3) is 4.16. The first-order valence-electron chi connectivity index (χ1n) is 8.51. The third-order valence-corrected chi connectivity index (χ3v) is 5.89. The van der Waals surface area contributed by atoms with Gasteiger partial charge in [0, 0.05) is 50.8 Å². The second kappa shape index (κ2) is 7.47. The number of hydrogen-bond acceptors (Lipinski definition) is 8. The summed E-state index contributed by atoms with van der Waals surface area (Å²) in [7, 11) is -1.80. The van der Waals surface area contributed by atoms with Crippen LogP contribution >= 0.6 is 0 Å². The number of anilines is 2. The molecule has 1 aromatic carbocycles. The molecule has 1 fully saturated rings. The van der Waals surface area contributed by atoms with Crippen molar-refractivity contribution >= 4 is 27.0 Å². The molecule has 0 spiro atoms. The molecule has 9 nitrogen and oxygen atoms in total. The number of aromatic nitrogens is 2. The number of non-ortho nitro benzene ring substituents is 1. The largest absolute Gasteiger partial charge is 0.369 e. The third-order valence-electron chi connectivity index (χ3n) is 4.76. The van der Waals surface area contributed by atoms with Gasteiger partial charge in [-0.2, -0.15) is 5.10 Å². The van der Waals surface area contributed by atoms with Crippen LogP contribution in [0.15, 0.2) is 41.4 Å². The monoisotopic (exact) mass is 391 g/mol. The van der Waals surface area contributed by atoms with Gasteiger partial charge in [0.2, 0.25) is 0 Å². The van der Waals surface area contributed by atoms with Gasteiger partial charge in [0.1, 0.15) is 0 Å². The maximum atomic E-state index is 12.2. The number of rotatable bonds is 5. The minimum Gasteiger partial charge on any atom is -0.369 e. The molecule has 1 aliphatic heterocycles. The quantitative estimate of drug-likeness (QED) is 0.561. The van der Waals surface area contributed by atoms with E-state index in [2.05, 4.69) is 15.1 Å². The highest BCUT2D eigenvalue weighted by atomic mass is 32.2. The number of benzene rings is 1. The van der Waals surface area contributed by atoms with E-state index in [-0.39, 0.29) is 16.6 Å². The number of nitro benzene ring substituents is 1. The standard InChI is InChI=1S/C17H21N5O4S/c1-20(14-5-4-10-21(12-14)17-6-3-9-18-19-17)15-8-7-13(22(23)24)11-16(15)27(2,25)26/h3,6-9,11,14H,4-5,10,12H2,1-2H3. The van der Waals surface area contributed by atoms with Crippen molar-refractivity contribution in [1.29, 1.82) is 0 Å². The number of hydrogen-bond donors (Lipinski definition) is 0. The van der Waals surface area contributed by atoms with E-state index in [9.17, 15) is 18.5 Å². The molecule has 0 radical (unpaired) electrons. The molecule has 1 saturated heterocycles. The number of likely N-dealkylation sites (N-methyl/N-ethyl adjacent to an activating group) is 1. The molecule has 0 N–H and O–H groups in total. The predicted molar refractivity (Wildman–Crippen MR) is 102 cm³/mol. The SMILES string of the molecule is CN(c1ccc([N+](=O)[O-])cc1S(C)(=O)=O)C1CCCN(c2cccnn2)C1. The highest BCUT2D eigenvalue weighted by molar-refractivity contribution is 7.90. The number of piperidine rings is 1. The topological polar surface area (TPSA) is 110 Å². The molecule has 1 unspecified atom stereocenters. The van der Waals surface area contributed by atoms with Crippen molar-refractivity contribution in [2.75, 3.05) is 36.2 Å². The maximum Gasteiger partial charge on any atom is 0.270 e. The van der Waals surface area contributed by atoms with Gasteiger partial charge < -0.3 is 9.80 Å². The van der Waals surface area contributed by atoms with Gasteiger partial charge in [-0.1, -0.05) is 0 Å². The summed E-state index contributed by atoms with van der Waals surface area (Å²) in [4.78, 5) is 14.4. The normalized spacial score (nSPS) is 17.6. The fourth-order valence-electron chi connectivity index (χ4n) is 3.34. The van der Waals surface area contributed by atoms with Crippen molar-refractivity contribution in [2.24, 2.45) is 0 Å². The van der Waals surface area contributed by atoms with Gasteiger partial charge in [-0.05, 0) is 31.0 Å². The molecule has 0 saturated carbocycles. The zero-order valence-electron chi connectivity index (χ0n) is 15.1. The van der Waals surface area contributed by atoms with Gasteiger partial charge >= 0.3 is 0 Å². The molecule has 2 heterocycles. The zero-order valence-corrected chi connectivity index (χ0v) is 16.0. The molecule has 0 bridgehead atoms. The van der Waals surface area contributed by atoms with E-state index < -0.39 is 14.8 Å². The molecule has 10 heteroatoms. The van der Waals surface area contributed by atoms with Crippen molar-refractivity contribution in [2.45, 2.75) is 23.8 Å². The zero-order chi connectivity index (χ0) is 19.6. The summed E-state index contributed by atoms with van der Waals surface area (Å²) in [5.74, 6) is 0.780. The summed E-state index contributed by atoms with van der Waals surface area (Å²) in [6.45, 7) is 1.51. The first-order chi connectivity index (χ1) is 12.8. The molecule has 0 amide bonds. The molecular weight excluding hydrogens is 370 g/mol. The molecule has 144 valence electrons. The fraction of sp³-hybridized carbons (Fsp3) is 0.412. The summed E-state index contributed by atoms with van der Waals surface area (Å²) < 4.78 is 24.4. The van der Waals surface area contributed by atoms with Gasteiger partial charge in [0.05, 0.1) is 15.5 Å². The van der Waals surface area contributed by atoms with E-state index in [4.69, 9.17) is 0 Å². The van der Waals surface area contributed by atoms with Crippen molar-refractivity contribution in [3.63, 3.8) is 0 Å². The lowest BCUT2D eigenvalue weighted by Gasteiger charge is -2.39. The number of nitrogens with zero attached hydrogens (tertiary/aromatic N) is 5. The van der Waals surface area contributed by atoms with Crippen LogP contribution in [-0.4, -0.2) is 56.0 Å². The van der Waals surface area contributed by atoms with E-state index >= 15 is 0 Å². The minimum atomic E-state index is -3.62. The average molecular weight is 391 g/mol. The van der Waals surface area contributed by atoms with Crippen LogP contribution in [0.2, 0.25) is 0 Å². The van der Waals surface area contributed by atoms with Crippen LogP contribution in [0.5, 0.6) is 0 Å². The molecule has 0 aliphatic carbocycles. The fourth-order valence-corrected chi connectivity index (χ4v) is 4.27. The lowest BCUT2D eigenvalue weighted by molar-refractivity contribution is -0.385. The maximum absolute atomic E-state index is 12.2. The van der Waals surface area contributed by atoms with E-state index in [0.29, 0.717) is 12.2 Å². The Morgan fingerprint density at radius 1 is 1.33 bits per heavy atom. The number of sulfone groups is 1. The highest BCUT2D eigenvalue weighted by Gasteiger charge is 2.28. The Balaban J connectivity index is 1.91. The minimum absolute atomic E-state index is 0.0316. The smallest absolute Gasteiger partial charge is 0.270 e. The molecule has 2 aromatic rings. The summed E-state index contributed by atoms with van der Waals surface area (Å²) in [6, 6.07) is 7.74. The Labute approximate surface area is 157 Å². The van der Waals surface area contributed by atoms with Crippen molar-refractivity contribution in [3.8, 4) is 0 Å². The predicted octanol–water partition coefficient (Wildman–Crippen LogP) is 1.89. The Kier molecular flexibility index (Phi) is 5.26. The molecule has 27 heavy (non-hydrogen) atoms. The van der Waals surface area contributed by atoms with E-state index in [1.54, 1.807) is 6.20 Å². The van der Waals surface area contributed by atoms with E-state index in [1.807, 2.05) is 24.1 Å². The summed E-state index contributed by atoms with van der Waals surface area (Å²) >= 11 is 0. The molecule has 1 aromatic heterocycles. The van der Waals surface area contributed by atoms with Gasteiger partial charge in [0.15, 0.2) is 15.7 Å². The second-order valence-corrected chi connectivity index (χ2v) is 8.60. The molecule has 1 atom stereocenters. The van der Waals surface area contributed by atoms with Crippen LogP contribution in [0.3, 0.4) is 0 Å². The van der Waals surface area contributed by atoms with Gasteiger partial charge in [-0.25, -0.2) is 8.42 Å². The van der Waals surface area contributed by atoms with Crippen molar-refractivity contribution < 1.29 is 13.3 Å². The van der Waals surface area contributed by atoms with Crippen molar-refractivity contribution in [3.05, 3.63) is 46.6 Å². The van der Waals surface area contributed by atoms with E-state index in [0.717, 1.165) is 37.5 Å². The lowest BCUT2D eigenvalue weighted by atomic mass is 10.0. The lowest BCUT2D eigenvalue weighted by Crippen LogP contribution is -2.47. The van der Waals surface area contributed by atoms with Gasteiger partial charge in [-0.3, -0.25) is 10.1 Å². The summed E-state index contributed by atoms with van der Waals surface area (Å²) in [5, 5.41) is 19.1. The summed E-state index contributed by atoms with van der Waals surface area (Å²) in [6.07, 6.45) is 4.49. The van der Waals surface area contributed by atoms with Crippen LogP contribution in [0.25, 0.3) is 0 Å². The number of nitro groups is 1. The van der Waals surface area contributed by atoms with Crippen molar-refractivity contribution in [1.82, 2.24) is 10.2 Å². The molecular formula is C17H21N5O4S. The molecule has 3 rings (SSSR count). The first kappa shape index (κ1) is 19.0. The van der Waals surface area contributed by atoms with Crippen LogP contribution < -0.4 is 9.80 Å². The average Bonchev–Trinajstić information content (AvgIpc) is 2.67. The Bertz CT molecular complexity index is 936. The Morgan fingerprint density at radius 2 is 2.11 bits per heavy atom. The summed E-state index contributed by atoms with van der Waals surface area (Å²) in [5.41, 5.74) is 0.228. The van der Waals surface area contributed by atoms with Gasteiger partial charge in [-0.15, -0.1) is 5.10 Å².